The van der Waals surface area contributed by atoms with Crippen LogP contribution in [-0.2, 0) is 17.4 Å². The predicted molar refractivity (Wildman–Crippen MR) is 84.5 cm³/mol. The van der Waals surface area contributed by atoms with Crippen molar-refractivity contribution in [3.63, 3.8) is 0 Å². The van der Waals surface area contributed by atoms with Crippen LogP contribution in [0, 0.1) is 0 Å². The van der Waals surface area contributed by atoms with Crippen LogP contribution in [0.15, 0.2) is 48.8 Å². The Labute approximate surface area is 135 Å². The third kappa shape index (κ3) is 3.73. The number of carbonyl (C=O) groups excluding carboxylic acids is 1. The Bertz CT molecular complexity index is 853. The molecule has 2 heterocycles. The Kier molecular flexibility index (Phi) is 4.24. The summed E-state index contributed by atoms with van der Waals surface area (Å²) in [6.45, 7) is 0. The molecular weight excluding hydrogens is 319 g/mol. The molecule has 4 nitrogen and oxygen atoms in total. The maximum Gasteiger partial charge on any atom is 0.433 e. The van der Waals surface area contributed by atoms with Crippen molar-refractivity contribution < 1.29 is 18.0 Å². The van der Waals surface area contributed by atoms with E-state index in [0.29, 0.717) is 17.7 Å². The lowest BCUT2D eigenvalue weighted by molar-refractivity contribution is -0.141. The molecule has 2 aromatic heterocycles. The van der Waals surface area contributed by atoms with Crippen LogP contribution in [0.4, 0.5) is 18.9 Å². The second-order valence-electron chi connectivity index (χ2n) is 5.38. The second-order valence-corrected chi connectivity index (χ2v) is 5.38. The molecule has 0 aliphatic heterocycles. The number of alkyl halides is 3. The molecule has 0 radical (unpaired) electrons. The van der Waals surface area contributed by atoms with Crippen LogP contribution in [0.5, 0.6) is 0 Å². The van der Waals surface area contributed by atoms with Crippen LogP contribution >= 0.6 is 0 Å². The Morgan fingerprint density at radius 2 is 2.00 bits per heavy atom. The normalized spacial score (nSPS) is 11.6. The van der Waals surface area contributed by atoms with Gasteiger partial charge in [0.2, 0.25) is 5.91 Å². The maximum absolute atomic E-state index is 12.4. The Hall–Kier alpha value is -2.83. The van der Waals surface area contributed by atoms with Crippen molar-refractivity contribution in [2.75, 3.05) is 5.32 Å². The van der Waals surface area contributed by atoms with E-state index in [4.69, 9.17) is 0 Å². The number of pyridine rings is 1. The van der Waals surface area contributed by atoms with Crippen molar-refractivity contribution in [3.8, 4) is 0 Å². The van der Waals surface area contributed by atoms with E-state index in [2.05, 4.69) is 15.3 Å². The maximum atomic E-state index is 12.4. The first-order valence-corrected chi connectivity index (χ1v) is 7.31. The number of nitrogens with zero attached hydrogens (tertiary/aromatic N) is 1. The smallest absolute Gasteiger partial charge is 0.361 e. The standard InChI is InChI=1S/C17H14F3N3O/c18-17(19,20)15-5-1-11(10-22-15)2-6-16(24)23-13-4-3-12-7-8-21-14(12)9-13/h1,3-5,7-10,21H,2,6H2,(H,23,24). The molecule has 1 amide bonds. The molecule has 124 valence electrons. The summed E-state index contributed by atoms with van der Waals surface area (Å²) < 4.78 is 37.3. The minimum absolute atomic E-state index is 0.163. The quantitative estimate of drug-likeness (QED) is 0.753. The first-order chi connectivity index (χ1) is 11.4. The number of fused-ring (bicyclic) bond motifs is 1. The van der Waals surface area contributed by atoms with Crippen molar-refractivity contribution in [1.82, 2.24) is 9.97 Å². The van der Waals surface area contributed by atoms with Gasteiger partial charge in [0.05, 0.1) is 0 Å². The number of anilines is 1. The molecule has 0 bridgehead atoms. The number of hydrogen-bond donors (Lipinski definition) is 2. The minimum Gasteiger partial charge on any atom is -0.361 e. The minimum atomic E-state index is -4.45. The number of amides is 1. The van der Waals surface area contributed by atoms with Gasteiger partial charge < -0.3 is 10.3 Å². The zero-order valence-corrected chi connectivity index (χ0v) is 12.5. The zero-order valence-electron chi connectivity index (χ0n) is 12.5. The third-order valence-corrected chi connectivity index (χ3v) is 3.59. The van der Waals surface area contributed by atoms with E-state index >= 15 is 0 Å². The molecule has 1 aromatic carbocycles. The molecule has 2 N–H and O–H groups in total. The van der Waals surface area contributed by atoms with Gasteiger partial charge in [-0.1, -0.05) is 12.1 Å². The van der Waals surface area contributed by atoms with Crippen molar-refractivity contribution in [2.45, 2.75) is 19.0 Å². The van der Waals surface area contributed by atoms with Crippen LogP contribution in [0.3, 0.4) is 0 Å². The number of aryl methyl sites for hydroxylation is 1. The number of H-pyrrole nitrogens is 1. The molecular formula is C17H14F3N3O. The molecule has 0 saturated heterocycles. The summed E-state index contributed by atoms with van der Waals surface area (Å²) in [6, 6.07) is 9.71. The van der Waals surface area contributed by atoms with Gasteiger partial charge in [0.15, 0.2) is 0 Å². The predicted octanol–water partition coefficient (Wildman–Crippen LogP) is 4.15. The highest BCUT2D eigenvalue weighted by molar-refractivity contribution is 5.93. The van der Waals surface area contributed by atoms with Crippen molar-refractivity contribution in [2.24, 2.45) is 0 Å². The Morgan fingerprint density at radius 1 is 1.17 bits per heavy atom. The van der Waals surface area contributed by atoms with Crippen LogP contribution in [0.25, 0.3) is 10.9 Å². The number of nitrogens with one attached hydrogen (secondary N) is 2. The van der Waals surface area contributed by atoms with Gasteiger partial charge in [-0.2, -0.15) is 13.2 Å². The molecule has 0 spiro atoms. The lowest BCUT2D eigenvalue weighted by Crippen LogP contribution is -2.12. The first kappa shape index (κ1) is 16.0. The monoisotopic (exact) mass is 333 g/mol. The largest absolute Gasteiger partial charge is 0.433 e. The van der Waals surface area contributed by atoms with Gasteiger partial charge in [-0.3, -0.25) is 9.78 Å². The first-order valence-electron chi connectivity index (χ1n) is 7.31. The molecule has 3 rings (SSSR count). The van der Waals surface area contributed by atoms with Crippen LogP contribution in [-0.4, -0.2) is 15.9 Å². The van der Waals surface area contributed by atoms with Crippen LogP contribution < -0.4 is 5.32 Å². The highest BCUT2D eigenvalue weighted by atomic mass is 19.4. The van der Waals surface area contributed by atoms with Gasteiger partial charge in [-0.25, -0.2) is 0 Å². The summed E-state index contributed by atoms with van der Waals surface area (Å²) in [6.07, 6.45) is -1.00. The Morgan fingerprint density at radius 3 is 2.71 bits per heavy atom. The molecule has 0 aliphatic rings. The Balaban J connectivity index is 1.57. The van der Waals surface area contributed by atoms with Gasteiger partial charge in [-0.15, -0.1) is 0 Å². The van der Waals surface area contributed by atoms with Gasteiger partial charge in [0, 0.05) is 30.0 Å². The summed E-state index contributed by atoms with van der Waals surface area (Å²) in [7, 11) is 0. The molecule has 0 aliphatic carbocycles. The van der Waals surface area contributed by atoms with Crippen molar-refractivity contribution in [1.29, 1.82) is 0 Å². The molecule has 3 aromatic rings. The van der Waals surface area contributed by atoms with Crippen molar-refractivity contribution >= 4 is 22.5 Å². The fourth-order valence-corrected chi connectivity index (χ4v) is 2.35. The van der Waals surface area contributed by atoms with Crippen LogP contribution in [0.1, 0.15) is 17.7 Å². The van der Waals surface area contributed by atoms with Crippen LogP contribution in [0.2, 0.25) is 0 Å². The average Bonchev–Trinajstić information content (AvgIpc) is 3.00. The van der Waals surface area contributed by atoms with E-state index in [-0.39, 0.29) is 12.3 Å². The summed E-state index contributed by atoms with van der Waals surface area (Å²) in [5.74, 6) is -0.208. The third-order valence-electron chi connectivity index (χ3n) is 3.59. The number of halogens is 3. The number of carbonyl (C=O) groups is 1. The van der Waals surface area contributed by atoms with Gasteiger partial charge >= 0.3 is 6.18 Å². The van der Waals surface area contributed by atoms with E-state index in [1.807, 2.05) is 24.4 Å². The van der Waals surface area contributed by atoms with Gasteiger partial charge in [0.25, 0.3) is 0 Å². The SMILES string of the molecule is O=C(CCc1ccc(C(F)(F)F)nc1)Nc1ccc2cc[nH]c2c1. The van der Waals surface area contributed by atoms with E-state index in [1.165, 1.54) is 6.07 Å². The molecule has 7 heteroatoms. The van der Waals surface area contributed by atoms with Gasteiger partial charge in [0.1, 0.15) is 5.69 Å². The molecule has 0 fully saturated rings. The zero-order chi connectivity index (χ0) is 17.2. The van der Waals surface area contributed by atoms with Crippen molar-refractivity contribution in [3.05, 3.63) is 60.0 Å². The summed E-state index contributed by atoms with van der Waals surface area (Å²) in [5.41, 5.74) is 1.23. The lowest BCUT2D eigenvalue weighted by Gasteiger charge is -2.07. The topological polar surface area (TPSA) is 57.8 Å². The van der Waals surface area contributed by atoms with E-state index in [9.17, 15) is 18.0 Å². The summed E-state index contributed by atoms with van der Waals surface area (Å²) >= 11 is 0. The highest BCUT2D eigenvalue weighted by Crippen LogP contribution is 2.27. The lowest BCUT2D eigenvalue weighted by atomic mass is 10.1. The van der Waals surface area contributed by atoms with E-state index < -0.39 is 11.9 Å². The molecule has 0 unspecified atom stereocenters. The number of hydrogen-bond acceptors (Lipinski definition) is 2. The average molecular weight is 333 g/mol. The number of benzene rings is 1. The number of aromatic nitrogens is 2. The van der Waals surface area contributed by atoms with E-state index in [1.54, 1.807) is 6.07 Å². The summed E-state index contributed by atoms with van der Waals surface area (Å²) in [5, 5.41) is 3.82. The highest BCUT2D eigenvalue weighted by Gasteiger charge is 2.31. The molecule has 0 saturated carbocycles. The fourth-order valence-electron chi connectivity index (χ4n) is 2.35. The van der Waals surface area contributed by atoms with Gasteiger partial charge in [-0.05, 0) is 41.6 Å². The number of aromatic amines is 1. The second kappa shape index (κ2) is 6.35. The fraction of sp³-hybridized carbons (Fsp3) is 0.176. The summed E-state index contributed by atoms with van der Waals surface area (Å²) in [4.78, 5) is 18.4. The molecule has 24 heavy (non-hydrogen) atoms. The molecule has 0 atom stereocenters. The number of rotatable bonds is 4. The van der Waals surface area contributed by atoms with E-state index in [0.717, 1.165) is 23.2 Å².